The third-order valence-corrected chi connectivity index (χ3v) is 4.84. The summed E-state index contributed by atoms with van der Waals surface area (Å²) < 4.78 is 5.63. The highest BCUT2D eigenvalue weighted by Gasteiger charge is 2.13. The van der Waals surface area contributed by atoms with Crippen LogP contribution in [0.4, 0.5) is 5.69 Å². The number of nitrogens with zero attached hydrogens (tertiary/aromatic N) is 1. The van der Waals surface area contributed by atoms with Crippen molar-refractivity contribution < 1.29 is 4.42 Å². The monoisotopic (exact) mass is 350 g/mol. The standard InChI is InChI=1S/C22H26N2O2/c1-3-24(4-2)17-11-13-18-20(15-23)19(22(25)26-21(18)14-17)12-10-16-8-6-5-7-9-16/h6,8-14H,3-5,7,15,23H2,1-2H3/b12-10+. The van der Waals surface area contributed by atoms with E-state index in [0.717, 1.165) is 48.1 Å². The van der Waals surface area contributed by atoms with E-state index in [4.69, 9.17) is 10.2 Å². The van der Waals surface area contributed by atoms with E-state index in [9.17, 15) is 4.79 Å². The first kappa shape index (κ1) is 18.2. The Balaban J connectivity index is 2.07. The van der Waals surface area contributed by atoms with Crippen molar-refractivity contribution in [2.24, 2.45) is 5.73 Å². The first-order chi connectivity index (χ1) is 12.7. The summed E-state index contributed by atoms with van der Waals surface area (Å²) in [7, 11) is 0. The van der Waals surface area contributed by atoms with E-state index in [1.165, 1.54) is 0 Å². The van der Waals surface area contributed by atoms with Gasteiger partial charge in [0.15, 0.2) is 0 Å². The van der Waals surface area contributed by atoms with Crippen LogP contribution in [-0.2, 0) is 6.54 Å². The number of hydrogen-bond donors (Lipinski definition) is 1. The van der Waals surface area contributed by atoms with E-state index >= 15 is 0 Å². The normalized spacial score (nSPS) is 14.2. The lowest BCUT2D eigenvalue weighted by molar-refractivity contribution is 0.557. The fourth-order valence-electron chi connectivity index (χ4n) is 3.38. The van der Waals surface area contributed by atoms with Crippen LogP contribution in [0.15, 0.2) is 57.3 Å². The summed E-state index contributed by atoms with van der Waals surface area (Å²) in [5, 5.41) is 0.899. The quantitative estimate of drug-likeness (QED) is 0.785. The third kappa shape index (κ3) is 3.65. The van der Waals surface area contributed by atoms with Gasteiger partial charge in [-0.2, -0.15) is 0 Å². The predicted octanol–water partition coefficient (Wildman–Crippen LogP) is 4.39. The molecule has 0 fully saturated rings. The molecule has 26 heavy (non-hydrogen) atoms. The van der Waals surface area contributed by atoms with Gasteiger partial charge in [0, 0.05) is 36.8 Å². The van der Waals surface area contributed by atoms with Crippen LogP contribution < -0.4 is 16.3 Å². The summed E-state index contributed by atoms with van der Waals surface area (Å²) in [6.45, 7) is 6.31. The van der Waals surface area contributed by atoms with Crippen molar-refractivity contribution in [1.82, 2.24) is 0 Å². The second-order valence-corrected chi connectivity index (χ2v) is 6.36. The molecule has 1 aromatic carbocycles. The van der Waals surface area contributed by atoms with Crippen LogP contribution >= 0.6 is 0 Å². The summed E-state index contributed by atoms with van der Waals surface area (Å²) >= 11 is 0. The Hall–Kier alpha value is -2.59. The first-order valence-electron chi connectivity index (χ1n) is 9.27. The van der Waals surface area contributed by atoms with Crippen molar-refractivity contribution >= 4 is 22.7 Å². The molecule has 3 rings (SSSR count). The van der Waals surface area contributed by atoms with Crippen LogP contribution in [0.1, 0.15) is 37.8 Å². The molecule has 136 valence electrons. The number of anilines is 1. The average molecular weight is 350 g/mol. The van der Waals surface area contributed by atoms with Gasteiger partial charge in [-0.1, -0.05) is 24.3 Å². The SMILES string of the molecule is CCN(CC)c1ccc2c(CN)c(/C=C/C3=CCCC=C3)c(=O)oc2c1. The Kier molecular flexibility index (Phi) is 5.74. The Morgan fingerprint density at radius 3 is 2.65 bits per heavy atom. The van der Waals surface area contributed by atoms with Gasteiger partial charge in [-0.3, -0.25) is 0 Å². The molecule has 1 heterocycles. The van der Waals surface area contributed by atoms with Gasteiger partial charge in [0.05, 0.1) is 5.56 Å². The molecule has 1 aliphatic rings. The minimum Gasteiger partial charge on any atom is -0.422 e. The highest BCUT2D eigenvalue weighted by molar-refractivity contribution is 5.86. The molecule has 2 N–H and O–H groups in total. The molecule has 0 saturated carbocycles. The topological polar surface area (TPSA) is 59.5 Å². The highest BCUT2D eigenvalue weighted by atomic mass is 16.4. The van der Waals surface area contributed by atoms with Gasteiger partial charge in [-0.25, -0.2) is 4.79 Å². The van der Waals surface area contributed by atoms with Gasteiger partial charge in [0.25, 0.3) is 0 Å². The van der Waals surface area contributed by atoms with Gasteiger partial charge in [-0.05, 0) is 56.0 Å². The zero-order chi connectivity index (χ0) is 18.5. The second kappa shape index (κ2) is 8.19. The Labute approximate surface area is 154 Å². The Morgan fingerprint density at radius 2 is 2.00 bits per heavy atom. The molecule has 0 saturated heterocycles. The lowest BCUT2D eigenvalue weighted by Gasteiger charge is -2.21. The van der Waals surface area contributed by atoms with Gasteiger partial charge in [-0.15, -0.1) is 0 Å². The number of nitrogens with two attached hydrogens (primary N) is 1. The van der Waals surface area contributed by atoms with Crippen molar-refractivity contribution in [2.45, 2.75) is 33.2 Å². The minimum absolute atomic E-state index is 0.293. The molecule has 2 aromatic rings. The molecule has 0 unspecified atom stereocenters. The fraction of sp³-hybridized carbons (Fsp3) is 0.318. The van der Waals surface area contributed by atoms with E-state index in [1.807, 2.05) is 24.3 Å². The van der Waals surface area contributed by atoms with Crippen LogP contribution in [-0.4, -0.2) is 13.1 Å². The Bertz CT molecular complexity index is 931. The van der Waals surface area contributed by atoms with Gasteiger partial charge in [0.2, 0.25) is 0 Å². The molecule has 0 radical (unpaired) electrons. The van der Waals surface area contributed by atoms with E-state index in [2.05, 4.69) is 43.0 Å². The lowest BCUT2D eigenvalue weighted by Crippen LogP contribution is -2.21. The molecular weight excluding hydrogens is 324 g/mol. The number of benzene rings is 1. The van der Waals surface area contributed by atoms with Crippen molar-refractivity contribution in [1.29, 1.82) is 0 Å². The molecule has 0 spiro atoms. The minimum atomic E-state index is -0.341. The molecule has 0 aliphatic heterocycles. The lowest BCUT2D eigenvalue weighted by atomic mass is 10.0. The summed E-state index contributed by atoms with van der Waals surface area (Å²) in [6.07, 6.45) is 12.3. The van der Waals surface area contributed by atoms with Gasteiger partial charge in [0.1, 0.15) is 5.58 Å². The maximum Gasteiger partial charge on any atom is 0.343 e. The average Bonchev–Trinajstić information content (AvgIpc) is 2.67. The maximum absolute atomic E-state index is 12.6. The van der Waals surface area contributed by atoms with E-state index in [1.54, 1.807) is 0 Å². The number of rotatable bonds is 6. The highest BCUT2D eigenvalue weighted by Crippen LogP contribution is 2.26. The summed E-state index contributed by atoms with van der Waals surface area (Å²) in [6, 6.07) is 6.00. The molecule has 0 amide bonds. The van der Waals surface area contributed by atoms with Crippen molar-refractivity contribution in [2.75, 3.05) is 18.0 Å². The van der Waals surface area contributed by atoms with Crippen LogP contribution in [0.25, 0.3) is 17.0 Å². The van der Waals surface area contributed by atoms with E-state index in [0.29, 0.717) is 17.7 Å². The summed E-state index contributed by atoms with van der Waals surface area (Å²) in [5.74, 6) is 0. The molecule has 0 bridgehead atoms. The largest absolute Gasteiger partial charge is 0.422 e. The third-order valence-electron chi connectivity index (χ3n) is 4.84. The number of hydrogen-bond acceptors (Lipinski definition) is 4. The van der Waals surface area contributed by atoms with Crippen molar-refractivity contribution in [3.8, 4) is 0 Å². The van der Waals surface area contributed by atoms with E-state index in [-0.39, 0.29) is 5.63 Å². The van der Waals surface area contributed by atoms with Crippen molar-refractivity contribution in [3.63, 3.8) is 0 Å². The fourth-order valence-corrected chi connectivity index (χ4v) is 3.38. The van der Waals surface area contributed by atoms with E-state index < -0.39 is 0 Å². The maximum atomic E-state index is 12.6. The van der Waals surface area contributed by atoms with Crippen LogP contribution in [0.5, 0.6) is 0 Å². The molecule has 4 heteroatoms. The van der Waals surface area contributed by atoms with Gasteiger partial charge < -0.3 is 15.1 Å². The van der Waals surface area contributed by atoms with Crippen LogP contribution in [0, 0.1) is 0 Å². The van der Waals surface area contributed by atoms with Crippen molar-refractivity contribution in [3.05, 3.63) is 69.6 Å². The number of fused-ring (bicyclic) bond motifs is 1. The summed E-state index contributed by atoms with van der Waals surface area (Å²) in [5.41, 5.74) is 9.77. The Morgan fingerprint density at radius 1 is 1.19 bits per heavy atom. The smallest absolute Gasteiger partial charge is 0.343 e. The molecule has 4 nitrogen and oxygen atoms in total. The van der Waals surface area contributed by atoms with Crippen LogP contribution in [0.3, 0.4) is 0 Å². The number of allylic oxidation sites excluding steroid dienone is 5. The van der Waals surface area contributed by atoms with Crippen LogP contribution in [0.2, 0.25) is 0 Å². The second-order valence-electron chi connectivity index (χ2n) is 6.36. The summed E-state index contributed by atoms with van der Waals surface area (Å²) in [4.78, 5) is 14.8. The molecule has 0 atom stereocenters. The molecule has 1 aromatic heterocycles. The zero-order valence-electron chi connectivity index (χ0n) is 15.5. The zero-order valence-corrected chi connectivity index (χ0v) is 15.5. The first-order valence-corrected chi connectivity index (χ1v) is 9.27. The predicted molar refractivity (Wildman–Crippen MR) is 109 cm³/mol. The van der Waals surface area contributed by atoms with Gasteiger partial charge >= 0.3 is 5.63 Å². The molecule has 1 aliphatic carbocycles. The molecular formula is C22H26N2O2.